The third-order valence-electron chi connectivity index (χ3n) is 4.76. The van der Waals surface area contributed by atoms with Crippen molar-refractivity contribution in [2.75, 3.05) is 6.54 Å². The Morgan fingerprint density at radius 1 is 1.30 bits per heavy atom. The highest BCUT2D eigenvalue weighted by Crippen LogP contribution is 2.40. The Labute approximate surface area is 126 Å². The van der Waals surface area contributed by atoms with Crippen LogP contribution in [0.25, 0.3) is 0 Å². The number of rotatable bonds is 5. The van der Waals surface area contributed by atoms with Gasteiger partial charge in [0.15, 0.2) is 0 Å². The Morgan fingerprint density at radius 3 is 2.60 bits per heavy atom. The molecule has 1 saturated carbocycles. The van der Waals surface area contributed by atoms with E-state index in [0.29, 0.717) is 23.0 Å². The first kappa shape index (κ1) is 15.8. The molecule has 1 nitrogen and oxygen atoms in total. The number of hydrogen-bond acceptors (Lipinski definition) is 1. The van der Waals surface area contributed by atoms with E-state index in [1.807, 2.05) is 0 Å². The maximum atomic E-state index is 14.0. The SMILES string of the molecule is CCNC(Cc1c(F)cccc1Cl)C1(C)CCCCC1. The zero-order chi connectivity index (χ0) is 14.6. The molecule has 0 aliphatic heterocycles. The molecule has 1 aliphatic rings. The van der Waals surface area contributed by atoms with Crippen molar-refractivity contribution < 1.29 is 4.39 Å². The Morgan fingerprint density at radius 2 is 2.00 bits per heavy atom. The third kappa shape index (κ3) is 3.53. The smallest absolute Gasteiger partial charge is 0.127 e. The molecular formula is C17H25ClFN. The lowest BCUT2D eigenvalue weighted by molar-refractivity contribution is 0.144. The van der Waals surface area contributed by atoms with Crippen LogP contribution in [-0.2, 0) is 6.42 Å². The molecule has 3 heteroatoms. The molecule has 0 heterocycles. The molecule has 1 unspecified atom stereocenters. The molecule has 1 N–H and O–H groups in total. The fraction of sp³-hybridized carbons (Fsp3) is 0.647. The van der Waals surface area contributed by atoms with Crippen molar-refractivity contribution in [2.45, 2.75) is 58.4 Å². The Hall–Kier alpha value is -0.600. The summed E-state index contributed by atoms with van der Waals surface area (Å²) in [5, 5.41) is 4.12. The van der Waals surface area contributed by atoms with Crippen molar-refractivity contribution in [2.24, 2.45) is 5.41 Å². The van der Waals surface area contributed by atoms with Gasteiger partial charge in [0.25, 0.3) is 0 Å². The van der Waals surface area contributed by atoms with Gasteiger partial charge in [-0.2, -0.15) is 0 Å². The Bertz CT molecular complexity index is 420. The molecule has 0 radical (unpaired) electrons. The van der Waals surface area contributed by atoms with Gasteiger partial charge >= 0.3 is 0 Å². The number of benzene rings is 1. The lowest BCUT2D eigenvalue weighted by atomic mass is 9.69. The molecule has 0 saturated heterocycles. The van der Waals surface area contributed by atoms with Gasteiger partial charge in [0.05, 0.1) is 0 Å². The summed E-state index contributed by atoms with van der Waals surface area (Å²) in [6.07, 6.45) is 7.00. The van der Waals surface area contributed by atoms with Crippen molar-refractivity contribution in [1.29, 1.82) is 0 Å². The number of halogens is 2. The normalized spacial score (nSPS) is 19.8. The van der Waals surface area contributed by atoms with Crippen LogP contribution in [-0.4, -0.2) is 12.6 Å². The van der Waals surface area contributed by atoms with Gasteiger partial charge in [0.1, 0.15) is 5.82 Å². The van der Waals surface area contributed by atoms with E-state index in [-0.39, 0.29) is 11.2 Å². The van der Waals surface area contributed by atoms with E-state index in [0.717, 1.165) is 6.54 Å². The number of hydrogen-bond donors (Lipinski definition) is 1. The fourth-order valence-corrected chi connectivity index (χ4v) is 3.69. The molecule has 0 bridgehead atoms. The fourth-order valence-electron chi connectivity index (χ4n) is 3.45. The van der Waals surface area contributed by atoms with Gasteiger partial charge in [-0.15, -0.1) is 0 Å². The first-order chi connectivity index (χ1) is 9.57. The minimum Gasteiger partial charge on any atom is -0.313 e. The van der Waals surface area contributed by atoms with Crippen LogP contribution in [0.2, 0.25) is 5.02 Å². The zero-order valence-electron chi connectivity index (χ0n) is 12.5. The zero-order valence-corrected chi connectivity index (χ0v) is 13.3. The van der Waals surface area contributed by atoms with Crippen molar-refractivity contribution in [3.8, 4) is 0 Å². The van der Waals surface area contributed by atoms with Crippen LogP contribution in [0.3, 0.4) is 0 Å². The topological polar surface area (TPSA) is 12.0 Å². The van der Waals surface area contributed by atoms with E-state index in [9.17, 15) is 4.39 Å². The summed E-state index contributed by atoms with van der Waals surface area (Å²) < 4.78 is 14.0. The molecule has 112 valence electrons. The van der Waals surface area contributed by atoms with Crippen LogP contribution in [0.5, 0.6) is 0 Å². The standard InChI is InChI=1S/C17H25ClFN/c1-3-20-16(17(2)10-5-4-6-11-17)12-13-14(18)8-7-9-15(13)19/h7-9,16,20H,3-6,10-12H2,1-2H3. The first-order valence-corrected chi connectivity index (χ1v) is 8.11. The molecule has 1 aliphatic carbocycles. The van der Waals surface area contributed by atoms with Crippen LogP contribution in [0, 0.1) is 11.2 Å². The van der Waals surface area contributed by atoms with Gasteiger partial charge < -0.3 is 5.32 Å². The highest BCUT2D eigenvalue weighted by molar-refractivity contribution is 6.31. The number of likely N-dealkylation sites (N-methyl/N-ethyl adjacent to an activating group) is 1. The summed E-state index contributed by atoms with van der Waals surface area (Å²) in [4.78, 5) is 0. The van der Waals surface area contributed by atoms with E-state index in [2.05, 4.69) is 19.2 Å². The average Bonchev–Trinajstić information content (AvgIpc) is 2.42. The summed E-state index contributed by atoms with van der Waals surface area (Å²) >= 11 is 6.19. The summed E-state index contributed by atoms with van der Waals surface area (Å²) in [5.74, 6) is -0.181. The molecule has 1 aromatic carbocycles. The Balaban J connectivity index is 2.20. The lowest BCUT2D eigenvalue weighted by Crippen LogP contribution is -2.46. The van der Waals surface area contributed by atoms with Crippen molar-refractivity contribution in [3.05, 3.63) is 34.6 Å². The maximum absolute atomic E-state index is 14.0. The van der Waals surface area contributed by atoms with E-state index >= 15 is 0 Å². The molecule has 1 fully saturated rings. The molecule has 0 spiro atoms. The van der Waals surface area contributed by atoms with E-state index < -0.39 is 0 Å². The van der Waals surface area contributed by atoms with Crippen LogP contribution >= 0.6 is 11.6 Å². The molecular weight excluding hydrogens is 273 g/mol. The van der Waals surface area contributed by atoms with Crippen LogP contribution in [0.4, 0.5) is 4.39 Å². The van der Waals surface area contributed by atoms with Crippen LogP contribution < -0.4 is 5.32 Å². The number of nitrogens with one attached hydrogen (secondary N) is 1. The monoisotopic (exact) mass is 297 g/mol. The van der Waals surface area contributed by atoms with Crippen molar-refractivity contribution >= 4 is 11.6 Å². The van der Waals surface area contributed by atoms with Gasteiger partial charge in [-0.1, -0.05) is 50.8 Å². The Kier molecular flexibility index (Phi) is 5.45. The van der Waals surface area contributed by atoms with Gasteiger partial charge in [0.2, 0.25) is 0 Å². The minimum absolute atomic E-state index is 0.181. The van der Waals surface area contributed by atoms with Gasteiger partial charge in [0, 0.05) is 16.6 Å². The average molecular weight is 298 g/mol. The lowest BCUT2D eigenvalue weighted by Gasteiger charge is -2.41. The molecule has 2 rings (SSSR count). The van der Waals surface area contributed by atoms with E-state index in [1.165, 1.54) is 38.2 Å². The highest BCUT2D eigenvalue weighted by Gasteiger charge is 2.35. The minimum atomic E-state index is -0.181. The second-order valence-corrected chi connectivity index (χ2v) is 6.64. The molecule has 1 aromatic rings. The molecule has 0 aromatic heterocycles. The van der Waals surface area contributed by atoms with E-state index in [4.69, 9.17) is 11.6 Å². The summed E-state index contributed by atoms with van der Waals surface area (Å²) in [5.41, 5.74) is 0.909. The van der Waals surface area contributed by atoms with Crippen LogP contribution in [0.1, 0.15) is 51.5 Å². The largest absolute Gasteiger partial charge is 0.313 e. The summed E-state index contributed by atoms with van der Waals surface area (Å²) in [7, 11) is 0. The predicted molar refractivity (Wildman–Crippen MR) is 83.8 cm³/mol. The van der Waals surface area contributed by atoms with Crippen molar-refractivity contribution in [1.82, 2.24) is 5.32 Å². The highest BCUT2D eigenvalue weighted by atomic mass is 35.5. The van der Waals surface area contributed by atoms with Crippen LogP contribution in [0.15, 0.2) is 18.2 Å². The van der Waals surface area contributed by atoms with Gasteiger partial charge in [-0.25, -0.2) is 4.39 Å². The third-order valence-corrected chi connectivity index (χ3v) is 5.11. The van der Waals surface area contributed by atoms with Gasteiger partial charge in [-0.3, -0.25) is 0 Å². The molecule has 1 atom stereocenters. The molecule has 20 heavy (non-hydrogen) atoms. The first-order valence-electron chi connectivity index (χ1n) is 7.73. The quantitative estimate of drug-likeness (QED) is 0.809. The predicted octanol–water partition coefficient (Wildman–Crippen LogP) is 4.97. The summed E-state index contributed by atoms with van der Waals surface area (Å²) in [6.45, 7) is 5.36. The second kappa shape index (κ2) is 6.91. The van der Waals surface area contributed by atoms with E-state index in [1.54, 1.807) is 12.1 Å². The molecule has 0 amide bonds. The maximum Gasteiger partial charge on any atom is 0.127 e. The van der Waals surface area contributed by atoms with Crippen molar-refractivity contribution in [3.63, 3.8) is 0 Å². The van der Waals surface area contributed by atoms with Gasteiger partial charge in [-0.05, 0) is 43.4 Å². The second-order valence-electron chi connectivity index (χ2n) is 6.23. The summed E-state index contributed by atoms with van der Waals surface area (Å²) in [6, 6.07) is 5.26.